The molecular formula is C26H34ClN3O3. The van der Waals surface area contributed by atoms with E-state index in [1.807, 2.05) is 26.8 Å². The number of fused-ring (bicyclic) bond motifs is 1. The van der Waals surface area contributed by atoms with Gasteiger partial charge in [0.15, 0.2) is 0 Å². The number of hydrogen-bond acceptors (Lipinski definition) is 5. The second kappa shape index (κ2) is 10.6. The number of unbranched alkanes of at least 4 members (excludes halogenated alkanes) is 1. The van der Waals surface area contributed by atoms with Gasteiger partial charge in [-0.3, -0.25) is 4.79 Å². The van der Waals surface area contributed by atoms with Gasteiger partial charge in [0, 0.05) is 10.6 Å². The third kappa shape index (κ3) is 6.26. The van der Waals surface area contributed by atoms with E-state index in [1.54, 1.807) is 24.3 Å². The zero-order valence-corrected chi connectivity index (χ0v) is 20.9. The maximum Gasteiger partial charge on any atom is 0.310 e. The molecule has 1 atom stereocenters. The summed E-state index contributed by atoms with van der Waals surface area (Å²) in [5.74, 6) is 0.213. The summed E-state index contributed by atoms with van der Waals surface area (Å²) < 4.78 is 5.60. The van der Waals surface area contributed by atoms with Crippen molar-refractivity contribution in [3.8, 4) is 11.4 Å². The first kappa shape index (κ1) is 25.0. The molecular weight excluding hydrogens is 438 g/mol. The fraction of sp³-hybridized carbons (Fsp3) is 0.500. The van der Waals surface area contributed by atoms with Crippen molar-refractivity contribution in [1.29, 1.82) is 0 Å². The molecule has 3 rings (SSSR count). The van der Waals surface area contributed by atoms with E-state index in [4.69, 9.17) is 16.3 Å². The maximum atomic E-state index is 12.6. The Morgan fingerprint density at radius 3 is 2.55 bits per heavy atom. The molecule has 0 radical (unpaired) electrons. The van der Waals surface area contributed by atoms with Crippen LogP contribution in [0.1, 0.15) is 71.4 Å². The van der Waals surface area contributed by atoms with Crippen molar-refractivity contribution < 1.29 is 14.6 Å². The number of aromatic hydroxyl groups is 1. The third-order valence-electron chi connectivity index (χ3n) is 5.89. The molecule has 0 aliphatic rings. The van der Waals surface area contributed by atoms with Gasteiger partial charge in [-0.15, -0.1) is 15.0 Å². The van der Waals surface area contributed by atoms with Crippen LogP contribution in [-0.4, -0.2) is 32.7 Å². The van der Waals surface area contributed by atoms with E-state index in [1.165, 1.54) is 4.80 Å². The van der Waals surface area contributed by atoms with Gasteiger partial charge in [0.1, 0.15) is 22.5 Å². The lowest BCUT2D eigenvalue weighted by Crippen LogP contribution is -2.17. The van der Waals surface area contributed by atoms with Gasteiger partial charge in [-0.1, -0.05) is 71.5 Å². The highest BCUT2D eigenvalue weighted by atomic mass is 35.5. The van der Waals surface area contributed by atoms with Crippen LogP contribution in [0.3, 0.4) is 0 Å². The zero-order chi connectivity index (χ0) is 24.2. The Hall–Kier alpha value is -2.60. The molecule has 6 nitrogen and oxygen atoms in total. The highest BCUT2D eigenvalue weighted by Crippen LogP contribution is 2.36. The molecule has 0 saturated carbocycles. The highest BCUT2D eigenvalue weighted by Gasteiger charge is 2.24. The standard InChI is InChI=1S/C26H34ClN3O3/c1-6-8-9-17(7-2)16-33-24(31)14-18-12-20(26(3,4)5)25(32)23(13-18)30-28-21-11-10-19(27)15-22(21)29-30/h10-13,15,17,32H,6-9,14,16H2,1-5H3. The molecule has 178 valence electrons. The topological polar surface area (TPSA) is 77.2 Å². The number of rotatable bonds is 9. The molecule has 0 aliphatic carbocycles. The van der Waals surface area contributed by atoms with Gasteiger partial charge in [0.25, 0.3) is 0 Å². The lowest BCUT2D eigenvalue weighted by Gasteiger charge is -2.23. The van der Waals surface area contributed by atoms with E-state index >= 15 is 0 Å². The van der Waals surface area contributed by atoms with E-state index < -0.39 is 0 Å². The molecule has 0 aliphatic heterocycles. The van der Waals surface area contributed by atoms with Gasteiger partial charge in [-0.25, -0.2) is 0 Å². The lowest BCUT2D eigenvalue weighted by molar-refractivity contribution is -0.144. The molecule has 7 heteroatoms. The van der Waals surface area contributed by atoms with Crippen LogP contribution >= 0.6 is 11.6 Å². The summed E-state index contributed by atoms with van der Waals surface area (Å²) in [5, 5.41) is 20.6. The Labute approximate surface area is 200 Å². The van der Waals surface area contributed by atoms with Crippen molar-refractivity contribution in [2.75, 3.05) is 6.61 Å². The van der Waals surface area contributed by atoms with Crippen LogP contribution in [0.2, 0.25) is 5.02 Å². The van der Waals surface area contributed by atoms with Crippen LogP contribution in [0, 0.1) is 5.92 Å². The number of carbonyl (C=O) groups is 1. The van der Waals surface area contributed by atoms with Gasteiger partial charge < -0.3 is 9.84 Å². The van der Waals surface area contributed by atoms with Crippen LogP contribution in [0.5, 0.6) is 5.75 Å². The normalized spacial score (nSPS) is 12.8. The number of aromatic nitrogens is 3. The Kier molecular flexibility index (Phi) is 8.01. The van der Waals surface area contributed by atoms with Crippen molar-refractivity contribution in [1.82, 2.24) is 15.0 Å². The Morgan fingerprint density at radius 2 is 1.88 bits per heavy atom. The Morgan fingerprint density at radius 1 is 1.15 bits per heavy atom. The summed E-state index contributed by atoms with van der Waals surface area (Å²) in [5.41, 5.74) is 2.84. The largest absolute Gasteiger partial charge is 0.505 e. The van der Waals surface area contributed by atoms with E-state index in [2.05, 4.69) is 24.0 Å². The van der Waals surface area contributed by atoms with Crippen molar-refractivity contribution in [3.63, 3.8) is 0 Å². The zero-order valence-electron chi connectivity index (χ0n) is 20.2. The minimum atomic E-state index is -0.345. The van der Waals surface area contributed by atoms with Gasteiger partial charge in [0.05, 0.1) is 13.0 Å². The summed E-state index contributed by atoms with van der Waals surface area (Å²) >= 11 is 6.09. The SMILES string of the molecule is CCCCC(CC)COC(=O)Cc1cc(-n2nc3ccc(Cl)cc3n2)c(O)c(C(C)(C)C)c1. The first-order valence-electron chi connectivity index (χ1n) is 11.7. The highest BCUT2D eigenvalue weighted by molar-refractivity contribution is 6.31. The van der Waals surface area contributed by atoms with Crippen molar-refractivity contribution in [2.45, 2.75) is 72.1 Å². The van der Waals surface area contributed by atoms with Crippen molar-refractivity contribution in [3.05, 3.63) is 46.5 Å². The van der Waals surface area contributed by atoms with Gasteiger partial charge >= 0.3 is 5.97 Å². The number of hydrogen-bond donors (Lipinski definition) is 1. The number of benzene rings is 2. The average Bonchev–Trinajstić information content (AvgIpc) is 3.17. The summed E-state index contributed by atoms with van der Waals surface area (Å²) in [4.78, 5) is 14.0. The summed E-state index contributed by atoms with van der Waals surface area (Å²) in [7, 11) is 0. The molecule has 2 aromatic carbocycles. The number of halogens is 1. The molecule has 1 N–H and O–H groups in total. The number of carbonyl (C=O) groups excluding carboxylic acids is 1. The minimum Gasteiger partial charge on any atom is -0.505 e. The van der Waals surface area contributed by atoms with E-state index in [9.17, 15) is 9.90 Å². The van der Waals surface area contributed by atoms with Crippen LogP contribution in [0.25, 0.3) is 16.7 Å². The fourth-order valence-corrected chi connectivity index (χ4v) is 3.99. The van der Waals surface area contributed by atoms with Gasteiger partial charge in [-0.05, 0) is 47.6 Å². The maximum absolute atomic E-state index is 12.6. The van der Waals surface area contributed by atoms with E-state index in [0.717, 1.165) is 36.8 Å². The Balaban J connectivity index is 1.89. The van der Waals surface area contributed by atoms with E-state index in [-0.39, 0.29) is 23.6 Å². The molecule has 1 aromatic heterocycles. The molecule has 3 aromatic rings. The predicted molar refractivity (Wildman–Crippen MR) is 132 cm³/mol. The van der Waals surface area contributed by atoms with Crippen LogP contribution in [0.4, 0.5) is 0 Å². The van der Waals surface area contributed by atoms with E-state index in [0.29, 0.717) is 34.3 Å². The average molecular weight is 472 g/mol. The molecule has 1 heterocycles. The van der Waals surface area contributed by atoms with Crippen LogP contribution in [0.15, 0.2) is 30.3 Å². The van der Waals surface area contributed by atoms with Gasteiger partial charge in [-0.2, -0.15) is 0 Å². The predicted octanol–water partition coefficient (Wildman–Crippen LogP) is 6.38. The quantitative estimate of drug-likeness (QED) is 0.366. The smallest absolute Gasteiger partial charge is 0.310 e. The van der Waals surface area contributed by atoms with Crippen molar-refractivity contribution >= 4 is 28.6 Å². The summed E-state index contributed by atoms with van der Waals surface area (Å²) in [6.45, 7) is 10.8. The first-order valence-corrected chi connectivity index (χ1v) is 12.0. The summed E-state index contributed by atoms with van der Waals surface area (Å²) in [6, 6.07) is 8.88. The number of ether oxygens (including phenoxy) is 1. The van der Waals surface area contributed by atoms with Crippen LogP contribution < -0.4 is 0 Å². The Bertz CT molecular complexity index is 1120. The van der Waals surface area contributed by atoms with Crippen LogP contribution in [-0.2, 0) is 21.4 Å². The lowest BCUT2D eigenvalue weighted by atomic mass is 9.84. The fourth-order valence-electron chi connectivity index (χ4n) is 3.83. The minimum absolute atomic E-state index is 0.0941. The molecule has 0 saturated heterocycles. The van der Waals surface area contributed by atoms with Crippen molar-refractivity contribution in [2.24, 2.45) is 5.92 Å². The molecule has 1 unspecified atom stereocenters. The first-order chi connectivity index (χ1) is 15.6. The molecule has 0 fully saturated rings. The molecule has 0 spiro atoms. The second-order valence-corrected chi connectivity index (χ2v) is 10.1. The summed E-state index contributed by atoms with van der Waals surface area (Å²) in [6.07, 6.45) is 4.46. The monoisotopic (exact) mass is 471 g/mol. The number of esters is 1. The number of nitrogens with zero attached hydrogens (tertiary/aromatic N) is 3. The van der Waals surface area contributed by atoms with Gasteiger partial charge in [0.2, 0.25) is 0 Å². The molecule has 0 amide bonds. The second-order valence-electron chi connectivity index (χ2n) is 9.66. The molecule has 33 heavy (non-hydrogen) atoms. The third-order valence-corrected chi connectivity index (χ3v) is 6.12. The number of phenolic OH excluding ortho intramolecular Hbond substituents is 1. The molecule has 0 bridgehead atoms. The number of phenols is 1.